The fourth-order valence-corrected chi connectivity index (χ4v) is 3.49. The third-order valence-electron chi connectivity index (χ3n) is 4.41. The first-order valence-electron chi connectivity index (χ1n) is 8.13. The van der Waals surface area contributed by atoms with Crippen molar-refractivity contribution in [2.75, 3.05) is 13.1 Å². The Hall–Kier alpha value is -1.06. The van der Waals surface area contributed by atoms with Gasteiger partial charge in [-0.2, -0.15) is 0 Å². The average molecular weight is 306 g/mol. The number of nitrogens with zero attached hydrogens (tertiary/aromatic N) is 2. The first-order valence-corrected chi connectivity index (χ1v) is 8.51. The number of halogens is 1. The largest absolute Gasteiger partial charge is 0.328 e. The molecule has 0 bridgehead atoms. The SMILES string of the molecule is CCCn1c(CCC2CCCNC2)nc2cc(Cl)ccc21. The Kier molecular flexibility index (Phi) is 4.81. The second-order valence-corrected chi connectivity index (χ2v) is 6.50. The normalized spacial score (nSPS) is 19.2. The van der Waals surface area contributed by atoms with Crippen LogP contribution in [0.15, 0.2) is 18.2 Å². The van der Waals surface area contributed by atoms with Crippen molar-refractivity contribution in [3.8, 4) is 0 Å². The predicted octanol–water partition coefficient (Wildman–Crippen LogP) is 4.03. The number of fused-ring (bicyclic) bond motifs is 1. The lowest BCUT2D eigenvalue weighted by Crippen LogP contribution is -2.30. The molecule has 0 aliphatic carbocycles. The molecule has 3 nitrogen and oxygen atoms in total. The fourth-order valence-electron chi connectivity index (χ4n) is 3.32. The number of hydrogen-bond acceptors (Lipinski definition) is 2. The minimum Gasteiger partial charge on any atom is -0.328 e. The van der Waals surface area contributed by atoms with Crippen LogP contribution in [-0.4, -0.2) is 22.6 Å². The molecule has 1 unspecified atom stereocenters. The van der Waals surface area contributed by atoms with E-state index in [4.69, 9.17) is 16.6 Å². The van der Waals surface area contributed by atoms with Gasteiger partial charge in [-0.25, -0.2) is 4.98 Å². The molecule has 2 heterocycles. The molecule has 0 spiro atoms. The Labute approximate surface area is 131 Å². The van der Waals surface area contributed by atoms with Crippen LogP contribution in [0.3, 0.4) is 0 Å². The number of hydrogen-bond donors (Lipinski definition) is 1. The third kappa shape index (κ3) is 3.41. The van der Waals surface area contributed by atoms with Crippen molar-refractivity contribution in [2.45, 2.75) is 45.6 Å². The number of imidazole rings is 1. The number of nitrogens with one attached hydrogen (secondary N) is 1. The number of benzene rings is 1. The first-order chi connectivity index (χ1) is 10.3. The monoisotopic (exact) mass is 305 g/mol. The van der Waals surface area contributed by atoms with Crippen LogP contribution in [0.2, 0.25) is 5.02 Å². The zero-order valence-electron chi connectivity index (χ0n) is 12.7. The number of piperidine rings is 1. The number of aryl methyl sites for hydroxylation is 2. The molecular weight excluding hydrogens is 282 g/mol. The summed E-state index contributed by atoms with van der Waals surface area (Å²) < 4.78 is 2.38. The lowest BCUT2D eigenvalue weighted by atomic mass is 9.94. The maximum atomic E-state index is 6.10. The van der Waals surface area contributed by atoms with Gasteiger partial charge in [-0.05, 0) is 62.9 Å². The lowest BCUT2D eigenvalue weighted by molar-refractivity contribution is 0.354. The van der Waals surface area contributed by atoms with Gasteiger partial charge in [0.1, 0.15) is 5.82 Å². The van der Waals surface area contributed by atoms with Crippen molar-refractivity contribution in [3.63, 3.8) is 0 Å². The van der Waals surface area contributed by atoms with Crippen LogP contribution < -0.4 is 5.32 Å². The molecule has 2 aromatic rings. The molecule has 21 heavy (non-hydrogen) atoms. The summed E-state index contributed by atoms with van der Waals surface area (Å²) in [5, 5.41) is 4.27. The molecule has 1 aromatic carbocycles. The highest BCUT2D eigenvalue weighted by molar-refractivity contribution is 6.31. The molecule has 114 valence electrons. The van der Waals surface area contributed by atoms with Gasteiger partial charge in [0.05, 0.1) is 11.0 Å². The summed E-state index contributed by atoms with van der Waals surface area (Å²) >= 11 is 6.10. The van der Waals surface area contributed by atoms with E-state index in [9.17, 15) is 0 Å². The van der Waals surface area contributed by atoms with E-state index in [0.29, 0.717) is 0 Å². The van der Waals surface area contributed by atoms with Gasteiger partial charge in [-0.3, -0.25) is 0 Å². The van der Waals surface area contributed by atoms with Crippen LogP contribution in [0.5, 0.6) is 0 Å². The maximum Gasteiger partial charge on any atom is 0.109 e. The fraction of sp³-hybridized carbons (Fsp3) is 0.588. The molecule has 1 aliphatic heterocycles. The van der Waals surface area contributed by atoms with E-state index in [-0.39, 0.29) is 0 Å². The van der Waals surface area contributed by atoms with Gasteiger partial charge in [-0.15, -0.1) is 0 Å². The summed E-state index contributed by atoms with van der Waals surface area (Å²) in [7, 11) is 0. The lowest BCUT2D eigenvalue weighted by Gasteiger charge is -2.22. The van der Waals surface area contributed by atoms with E-state index in [1.165, 1.54) is 43.7 Å². The molecule has 1 fully saturated rings. The van der Waals surface area contributed by atoms with Gasteiger partial charge in [0.15, 0.2) is 0 Å². The zero-order chi connectivity index (χ0) is 14.7. The first kappa shape index (κ1) is 14.9. The Bertz CT molecular complexity index is 599. The molecule has 1 N–H and O–H groups in total. The highest BCUT2D eigenvalue weighted by atomic mass is 35.5. The van der Waals surface area contributed by atoms with Gasteiger partial charge in [0.2, 0.25) is 0 Å². The highest BCUT2D eigenvalue weighted by Gasteiger charge is 2.16. The quantitative estimate of drug-likeness (QED) is 0.904. The Morgan fingerprint density at radius 3 is 3.10 bits per heavy atom. The molecule has 1 atom stereocenters. The maximum absolute atomic E-state index is 6.10. The Morgan fingerprint density at radius 1 is 1.43 bits per heavy atom. The van der Waals surface area contributed by atoms with Gasteiger partial charge >= 0.3 is 0 Å². The second kappa shape index (κ2) is 6.80. The summed E-state index contributed by atoms with van der Waals surface area (Å²) in [6.07, 6.45) is 6.09. The van der Waals surface area contributed by atoms with Crippen LogP contribution in [-0.2, 0) is 13.0 Å². The van der Waals surface area contributed by atoms with E-state index in [1.807, 2.05) is 12.1 Å². The van der Waals surface area contributed by atoms with E-state index in [0.717, 1.165) is 35.8 Å². The molecule has 1 aliphatic rings. The Morgan fingerprint density at radius 2 is 2.33 bits per heavy atom. The van der Waals surface area contributed by atoms with Crippen LogP contribution in [0, 0.1) is 5.92 Å². The predicted molar refractivity (Wildman–Crippen MR) is 88.9 cm³/mol. The molecule has 3 rings (SSSR count). The third-order valence-corrected chi connectivity index (χ3v) is 4.65. The second-order valence-electron chi connectivity index (χ2n) is 6.06. The standard InChI is InChI=1S/C17H24ClN3/c1-2-10-21-16-7-6-14(18)11-15(16)20-17(21)8-5-13-4-3-9-19-12-13/h6-7,11,13,19H,2-5,8-10,12H2,1H3. The van der Waals surface area contributed by atoms with Crippen molar-refractivity contribution in [1.29, 1.82) is 0 Å². The highest BCUT2D eigenvalue weighted by Crippen LogP contribution is 2.23. The number of rotatable bonds is 5. The zero-order valence-corrected chi connectivity index (χ0v) is 13.5. The molecule has 1 aromatic heterocycles. The van der Waals surface area contributed by atoms with Gasteiger partial charge in [-0.1, -0.05) is 18.5 Å². The van der Waals surface area contributed by atoms with E-state index in [1.54, 1.807) is 0 Å². The van der Waals surface area contributed by atoms with Crippen LogP contribution in [0.1, 0.15) is 38.4 Å². The molecule has 1 saturated heterocycles. The van der Waals surface area contributed by atoms with Crippen molar-refractivity contribution >= 4 is 22.6 Å². The van der Waals surface area contributed by atoms with Gasteiger partial charge in [0.25, 0.3) is 0 Å². The minimum absolute atomic E-state index is 0.770. The van der Waals surface area contributed by atoms with Crippen LogP contribution in [0.25, 0.3) is 11.0 Å². The Balaban J connectivity index is 1.80. The summed E-state index contributed by atoms with van der Waals surface area (Å²) in [6, 6.07) is 6.05. The van der Waals surface area contributed by atoms with Gasteiger partial charge < -0.3 is 9.88 Å². The number of aromatic nitrogens is 2. The molecule has 0 amide bonds. The molecule has 0 radical (unpaired) electrons. The minimum atomic E-state index is 0.770. The summed E-state index contributed by atoms with van der Waals surface area (Å²) in [6.45, 7) is 5.61. The molecular formula is C17H24ClN3. The average Bonchev–Trinajstić information content (AvgIpc) is 2.84. The van der Waals surface area contributed by atoms with Crippen molar-refractivity contribution in [1.82, 2.24) is 14.9 Å². The van der Waals surface area contributed by atoms with E-state index >= 15 is 0 Å². The van der Waals surface area contributed by atoms with E-state index in [2.05, 4.69) is 22.9 Å². The summed E-state index contributed by atoms with van der Waals surface area (Å²) in [5.41, 5.74) is 2.26. The summed E-state index contributed by atoms with van der Waals surface area (Å²) in [5.74, 6) is 2.02. The topological polar surface area (TPSA) is 29.9 Å². The smallest absolute Gasteiger partial charge is 0.109 e. The summed E-state index contributed by atoms with van der Waals surface area (Å²) in [4.78, 5) is 4.83. The van der Waals surface area contributed by atoms with Crippen molar-refractivity contribution in [2.24, 2.45) is 5.92 Å². The van der Waals surface area contributed by atoms with Crippen LogP contribution >= 0.6 is 11.6 Å². The van der Waals surface area contributed by atoms with Crippen molar-refractivity contribution < 1.29 is 0 Å². The van der Waals surface area contributed by atoms with E-state index < -0.39 is 0 Å². The van der Waals surface area contributed by atoms with Crippen molar-refractivity contribution in [3.05, 3.63) is 29.0 Å². The molecule has 0 saturated carbocycles. The van der Waals surface area contributed by atoms with Gasteiger partial charge in [0, 0.05) is 18.0 Å². The van der Waals surface area contributed by atoms with Crippen LogP contribution in [0.4, 0.5) is 0 Å². The molecule has 4 heteroatoms.